The van der Waals surface area contributed by atoms with Gasteiger partial charge in [0.1, 0.15) is 6.26 Å². The summed E-state index contributed by atoms with van der Waals surface area (Å²) in [5.74, 6) is 0. The summed E-state index contributed by atoms with van der Waals surface area (Å²) in [5.41, 5.74) is 1.18. The summed E-state index contributed by atoms with van der Waals surface area (Å²) in [6, 6.07) is 6.33. The molecule has 1 N–H and O–H groups in total. The Bertz CT molecular complexity index is 524. The van der Waals surface area contributed by atoms with Gasteiger partial charge in [-0.1, -0.05) is 16.5 Å². The lowest BCUT2D eigenvalue weighted by molar-refractivity contribution is 0.588. The Hall–Kier alpha value is -0.890. The Balaban J connectivity index is 3.19. The predicted octanol–water partition coefficient (Wildman–Crippen LogP) is 0.697. The molecule has 1 aromatic carbocycles. The standard InChI is InChI=1S/C10H14N2O3S2/c1-8(12-16(3)13)9-5-4-6-10(7-9)17(14,15)11-2/h4-7,11H,1-3H3/b12-8+/t16-/m0/s1. The van der Waals surface area contributed by atoms with Gasteiger partial charge < -0.3 is 4.55 Å². The molecule has 0 fully saturated rings. The normalized spacial score (nSPS) is 14.7. The molecule has 0 aromatic heterocycles. The summed E-state index contributed by atoms with van der Waals surface area (Å²) in [5, 5.41) is 0. The number of nitrogens with zero attached hydrogens (tertiary/aromatic N) is 1. The van der Waals surface area contributed by atoms with E-state index in [0.29, 0.717) is 11.3 Å². The van der Waals surface area contributed by atoms with Gasteiger partial charge in [0.15, 0.2) is 0 Å². The molecular weight excluding hydrogens is 260 g/mol. The molecule has 1 aromatic rings. The number of hydrogen-bond donors (Lipinski definition) is 1. The molecule has 1 rings (SSSR count). The van der Waals surface area contributed by atoms with Crippen molar-refractivity contribution < 1.29 is 13.0 Å². The first kappa shape index (κ1) is 14.2. The van der Waals surface area contributed by atoms with Crippen LogP contribution in [0.25, 0.3) is 0 Å². The minimum absolute atomic E-state index is 0.161. The van der Waals surface area contributed by atoms with Crippen molar-refractivity contribution in [2.24, 2.45) is 4.40 Å². The van der Waals surface area contributed by atoms with E-state index < -0.39 is 21.4 Å². The molecule has 17 heavy (non-hydrogen) atoms. The van der Waals surface area contributed by atoms with Crippen molar-refractivity contribution in [2.75, 3.05) is 13.3 Å². The van der Waals surface area contributed by atoms with Crippen LogP contribution in [0.3, 0.4) is 0 Å². The molecule has 0 unspecified atom stereocenters. The highest BCUT2D eigenvalue weighted by Crippen LogP contribution is 2.12. The van der Waals surface area contributed by atoms with Gasteiger partial charge in [0.05, 0.1) is 22.0 Å². The molecule has 0 saturated carbocycles. The highest BCUT2D eigenvalue weighted by molar-refractivity contribution is 7.89. The Labute approximate surface area is 104 Å². The molecule has 0 heterocycles. The van der Waals surface area contributed by atoms with Crippen LogP contribution in [0.15, 0.2) is 33.6 Å². The van der Waals surface area contributed by atoms with Gasteiger partial charge in [-0.05, 0) is 26.1 Å². The SMILES string of the molecule is CNS(=O)(=O)c1cccc(/C(C)=N/[S@+](C)[O-])c1. The second kappa shape index (κ2) is 5.63. The van der Waals surface area contributed by atoms with Crippen LogP contribution in [0.5, 0.6) is 0 Å². The van der Waals surface area contributed by atoms with E-state index >= 15 is 0 Å². The van der Waals surface area contributed by atoms with Crippen LogP contribution in [0, 0.1) is 0 Å². The first-order valence-corrected chi connectivity index (χ1v) is 7.79. The second-order valence-corrected chi connectivity index (χ2v) is 6.25. The van der Waals surface area contributed by atoms with E-state index in [-0.39, 0.29) is 4.90 Å². The van der Waals surface area contributed by atoms with Crippen molar-refractivity contribution in [3.8, 4) is 0 Å². The molecule has 0 aliphatic rings. The Morgan fingerprint density at radius 1 is 1.47 bits per heavy atom. The molecule has 7 heteroatoms. The third-order valence-corrected chi connectivity index (χ3v) is 4.04. The average molecular weight is 274 g/mol. The third kappa shape index (κ3) is 3.81. The first-order valence-electron chi connectivity index (χ1n) is 4.79. The largest absolute Gasteiger partial charge is 0.592 e. The zero-order valence-corrected chi connectivity index (χ0v) is 11.4. The van der Waals surface area contributed by atoms with Gasteiger partial charge in [-0.25, -0.2) is 13.1 Å². The maximum Gasteiger partial charge on any atom is 0.240 e. The van der Waals surface area contributed by atoms with Crippen LogP contribution in [0.1, 0.15) is 12.5 Å². The van der Waals surface area contributed by atoms with Gasteiger partial charge in [-0.2, -0.15) is 0 Å². The maximum absolute atomic E-state index is 11.6. The summed E-state index contributed by atoms with van der Waals surface area (Å²) >= 11 is -1.30. The molecular formula is C10H14N2O3S2. The number of benzene rings is 1. The number of sulfonamides is 1. The average Bonchev–Trinajstić information content (AvgIpc) is 2.28. The van der Waals surface area contributed by atoms with Gasteiger partial charge in [0.2, 0.25) is 10.0 Å². The van der Waals surface area contributed by atoms with E-state index in [1.54, 1.807) is 19.1 Å². The summed E-state index contributed by atoms with van der Waals surface area (Å²) < 4.78 is 40.2. The molecule has 0 amide bonds. The molecule has 0 aliphatic carbocycles. The Morgan fingerprint density at radius 2 is 2.12 bits per heavy atom. The van der Waals surface area contributed by atoms with Crippen molar-refractivity contribution in [3.63, 3.8) is 0 Å². The fraction of sp³-hybridized carbons (Fsp3) is 0.300. The number of rotatable bonds is 4. The molecule has 0 radical (unpaired) electrons. The fourth-order valence-electron chi connectivity index (χ4n) is 1.25. The molecule has 5 nitrogen and oxygen atoms in total. The van der Waals surface area contributed by atoms with E-state index in [9.17, 15) is 13.0 Å². The lowest BCUT2D eigenvalue weighted by atomic mass is 10.1. The topological polar surface area (TPSA) is 81.6 Å². The molecule has 0 saturated heterocycles. The highest BCUT2D eigenvalue weighted by atomic mass is 32.2. The van der Waals surface area contributed by atoms with Crippen LogP contribution < -0.4 is 4.72 Å². The Morgan fingerprint density at radius 3 is 2.65 bits per heavy atom. The Kier molecular flexibility index (Phi) is 4.70. The second-order valence-electron chi connectivity index (χ2n) is 3.34. The van der Waals surface area contributed by atoms with E-state index in [0.717, 1.165) is 0 Å². The van der Waals surface area contributed by atoms with Crippen LogP contribution in [-0.2, 0) is 21.4 Å². The summed E-state index contributed by atoms with van der Waals surface area (Å²) in [6.45, 7) is 1.69. The molecule has 0 aliphatic heterocycles. The maximum atomic E-state index is 11.6. The van der Waals surface area contributed by atoms with Gasteiger partial charge in [0.25, 0.3) is 0 Å². The van der Waals surface area contributed by atoms with Crippen molar-refractivity contribution in [1.82, 2.24) is 4.72 Å². The van der Waals surface area contributed by atoms with Crippen molar-refractivity contribution in [1.29, 1.82) is 0 Å². The summed E-state index contributed by atoms with van der Waals surface area (Å²) in [6.07, 6.45) is 1.46. The molecule has 0 spiro atoms. The number of hydrogen-bond acceptors (Lipinski definition) is 4. The van der Waals surface area contributed by atoms with Crippen LogP contribution in [0.4, 0.5) is 0 Å². The summed E-state index contributed by atoms with van der Waals surface area (Å²) in [4.78, 5) is 0.161. The summed E-state index contributed by atoms with van der Waals surface area (Å²) in [7, 11) is -2.11. The highest BCUT2D eigenvalue weighted by Gasteiger charge is 2.12. The monoisotopic (exact) mass is 274 g/mol. The molecule has 94 valence electrons. The van der Waals surface area contributed by atoms with Crippen molar-refractivity contribution in [2.45, 2.75) is 11.8 Å². The smallest absolute Gasteiger partial charge is 0.240 e. The lowest BCUT2D eigenvalue weighted by Crippen LogP contribution is -2.18. The van der Waals surface area contributed by atoms with E-state index in [1.165, 1.54) is 25.4 Å². The van der Waals surface area contributed by atoms with Gasteiger partial charge in [-0.15, -0.1) is 0 Å². The quantitative estimate of drug-likeness (QED) is 0.648. The van der Waals surface area contributed by atoms with Crippen molar-refractivity contribution >= 4 is 27.1 Å². The van der Waals surface area contributed by atoms with Crippen molar-refractivity contribution in [3.05, 3.63) is 29.8 Å². The number of nitrogens with one attached hydrogen (secondary N) is 1. The van der Waals surface area contributed by atoms with E-state index in [4.69, 9.17) is 0 Å². The third-order valence-electron chi connectivity index (χ3n) is 2.10. The van der Waals surface area contributed by atoms with E-state index in [1.807, 2.05) is 0 Å². The van der Waals surface area contributed by atoms with E-state index in [2.05, 4.69) is 9.12 Å². The first-order chi connectivity index (χ1) is 7.86. The van der Waals surface area contributed by atoms with Crippen LogP contribution in [0.2, 0.25) is 0 Å². The predicted molar refractivity (Wildman–Crippen MR) is 69.0 cm³/mol. The van der Waals surface area contributed by atoms with Crippen LogP contribution >= 0.6 is 0 Å². The fourth-order valence-corrected chi connectivity index (χ4v) is 2.52. The van der Waals surface area contributed by atoms with Gasteiger partial charge >= 0.3 is 0 Å². The zero-order valence-electron chi connectivity index (χ0n) is 9.80. The molecule has 1 atom stereocenters. The molecule has 0 bridgehead atoms. The van der Waals surface area contributed by atoms with Gasteiger partial charge in [0, 0.05) is 5.56 Å². The van der Waals surface area contributed by atoms with Crippen LogP contribution in [-0.4, -0.2) is 32.0 Å². The zero-order chi connectivity index (χ0) is 13.1. The lowest BCUT2D eigenvalue weighted by Gasteiger charge is -2.05. The van der Waals surface area contributed by atoms with Gasteiger partial charge in [-0.3, -0.25) is 0 Å². The minimum atomic E-state index is -3.46. The minimum Gasteiger partial charge on any atom is -0.592 e.